The Balaban J connectivity index is 1.76. The van der Waals surface area contributed by atoms with Crippen molar-refractivity contribution in [2.75, 3.05) is 13.6 Å². The second kappa shape index (κ2) is 3.99. The molecular weight excluding hydrogens is 196 g/mol. The van der Waals surface area contributed by atoms with Gasteiger partial charge in [0.1, 0.15) is 0 Å². The fraction of sp³-hybridized carbons (Fsp3) is 1.00. The topological polar surface area (TPSA) is 29.3 Å². The summed E-state index contributed by atoms with van der Waals surface area (Å²) in [4.78, 5) is 2.60. The number of likely N-dealkylation sites (N-methyl/N-ethyl adjacent to an activating group) is 1. The van der Waals surface area contributed by atoms with Gasteiger partial charge in [-0.2, -0.15) is 0 Å². The number of hydrogen-bond acceptors (Lipinski definition) is 2. The summed E-state index contributed by atoms with van der Waals surface area (Å²) in [5.41, 5.74) is 5.82. The Morgan fingerprint density at radius 2 is 1.56 bits per heavy atom. The van der Waals surface area contributed by atoms with Crippen LogP contribution in [0, 0.1) is 23.7 Å². The van der Waals surface area contributed by atoms with Gasteiger partial charge in [-0.05, 0) is 69.7 Å². The van der Waals surface area contributed by atoms with Gasteiger partial charge in [0.15, 0.2) is 0 Å². The fourth-order valence-electron chi connectivity index (χ4n) is 5.02. The molecule has 0 heterocycles. The van der Waals surface area contributed by atoms with Crippen LogP contribution in [0.1, 0.15) is 39.0 Å². The number of hydrogen-bond donors (Lipinski definition) is 1. The lowest BCUT2D eigenvalue weighted by atomic mass is 9.54. The third kappa shape index (κ3) is 1.62. The Morgan fingerprint density at radius 3 is 2.00 bits per heavy atom. The van der Waals surface area contributed by atoms with Gasteiger partial charge in [-0.1, -0.05) is 0 Å². The first-order valence-electron chi connectivity index (χ1n) is 7.11. The summed E-state index contributed by atoms with van der Waals surface area (Å²) >= 11 is 0. The lowest BCUT2D eigenvalue weighted by Crippen LogP contribution is -2.57. The van der Waals surface area contributed by atoms with Gasteiger partial charge < -0.3 is 5.73 Å². The highest BCUT2D eigenvalue weighted by molar-refractivity contribution is 5.02. The average Bonchev–Trinajstić information content (AvgIpc) is 2.26. The molecule has 0 aromatic rings. The van der Waals surface area contributed by atoms with Crippen molar-refractivity contribution in [3.8, 4) is 0 Å². The highest BCUT2D eigenvalue weighted by Crippen LogP contribution is 2.55. The van der Waals surface area contributed by atoms with Crippen LogP contribution < -0.4 is 5.73 Å². The van der Waals surface area contributed by atoms with Crippen molar-refractivity contribution in [2.45, 2.75) is 51.1 Å². The van der Waals surface area contributed by atoms with Crippen molar-refractivity contribution >= 4 is 0 Å². The van der Waals surface area contributed by atoms with E-state index in [-0.39, 0.29) is 0 Å². The zero-order chi connectivity index (χ0) is 11.3. The molecule has 0 amide bonds. The SMILES string of the molecule is CC(CN)N(C)C1C2CC3CC(C2)CC1C3. The minimum Gasteiger partial charge on any atom is -0.329 e. The molecule has 1 unspecified atom stereocenters. The van der Waals surface area contributed by atoms with E-state index in [9.17, 15) is 0 Å². The first-order chi connectivity index (χ1) is 7.69. The maximum atomic E-state index is 5.82. The third-order valence-corrected chi connectivity index (χ3v) is 5.68. The van der Waals surface area contributed by atoms with Crippen LogP contribution in [-0.4, -0.2) is 30.6 Å². The predicted molar refractivity (Wildman–Crippen MR) is 67.1 cm³/mol. The molecule has 4 rings (SSSR count). The maximum absolute atomic E-state index is 5.82. The second-order valence-corrected chi connectivity index (χ2v) is 6.67. The van der Waals surface area contributed by atoms with Gasteiger partial charge in [0.2, 0.25) is 0 Å². The van der Waals surface area contributed by atoms with Gasteiger partial charge in [0.25, 0.3) is 0 Å². The van der Waals surface area contributed by atoms with Crippen LogP contribution in [0.4, 0.5) is 0 Å². The summed E-state index contributed by atoms with van der Waals surface area (Å²) in [6.45, 7) is 3.09. The van der Waals surface area contributed by atoms with Gasteiger partial charge >= 0.3 is 0 Å². The summed E-state index contributed by atoms with van der Waals surface area (Å²) in [5.74, 6) is 4.16. The normalized spacial score (nSPS) is 47.6. The molecular formula is C14H26N2. The minimum atomic E-state index is 0.558. The standard InChI is InChI=1S/C14H26N2/c1-9(8-15)16(2)14-12-4-10-3-11(6-12)7-13(14)5-10/h9-14H,3-8,15H2,1-2H3. The molecule has 0 radical (unpaired) electrons. The van der Waals surface area contributed by atoms with Gasteiger partial charge in [-0.3, -0.25) is 4.90 Å². The smallest absolute Gasteiger partial charge is 0.0190 e. The lowest BCUT2D eigenvalue weighted by Gasteiger charge is -2.57. The van der Waals surface area contributed by atoms with Crippen molar-refractivity contribution in [1.82, 2.24) is 4.90 Å². The molecule has 4 aliphatic carbocycles. The molecule has 0 aromatic carbocycles. The van der Waals surface area contributed by atoms with Crippen LogP contribution in [0.2, 0.25) is 0 Å². The Bertz CT molecular complexity index is 233. The molecule has 0 saturated heterocycles. The van der Waals surface area contributed by atoms with E-state index >= 15 is 0 Å². The molecule has 16 heavy (non-hydrogen) atoms. The molecule has 4 saturated carbocycles. The Morgan fingerprint density at radius 1 is 1.06 bits per heavy atom. The van der Waals surface area contributed by atoms with Crippen molar-refractivity contribution in [1.29, 1.82) is 0 Å². The summed E-state index contributed by atoms with van der Waals surface area (Å²) in [6.07, 6.45) is 7.60. The van der Waals surface area contributed by atoms with E-state index < -0.39 is 0 Å². The van der Waals surface area contributed by atoms with E-state index in [1.165, 1.54) is 25.7 Å². The fourth-order valence-corrected chi connectivity index (χ4v) is 5.02. The molecule has 4 aliphatic rings. The third-order valence-electron chi connectivity index (χ3n) is 5.68. The van der Waals surface area contributed by atoms with Crippen LogP contribution in [-0.2, 0) is 0 Å². The van der Waals surface area contributed by atoms with E-state index in [0.717, 1.165) is 36.3 Å². The number of nitrogens with zero attached hydrogens (tertiary/aromatic N) is 1. The van der Waals surface area contributed by atoms with E-state index in [0.29, 0.717) is 6.04 Å². The predicted octanol–water partition coefficient (Wildman–Crippen LogP) is 2.09. The molecule has 2 nitrogen and oxygen atoms in total. The molecule has 4 fully saturated rings. The van der Waals surface area contributed by atoms with Crippen molar-refractivity contribution in [2.24, 2.45) is 29.4 Å². The van der Waals surface area contributed by atoms with Crippen LogP contribution in [0.3, 0.4) is 0 Å². The summed E-state index contributed by atoms with van der Waals surface area (Å²) in [5, 5.41) is 0. The van der Waals surface area contributed by atoms with E-state index in [1.807, 2.05) is 0 Å². The Kier molecular flexibility index (Phi) is 2.75. The molecule has 4 bridgehead atoms. The number of rotatable bonds is 3. The molecule has 0 aliphatic heterocycles. The molecule has 92 valence electrons. The Hall–Kier alpha value is -0.0800. The molecule has 0 aromatic heterocycles. The van der Waals surface area contributed by atoms with E-state index in [1.54, 1.807) is 6.42 Å². The second-order valence-electron chi connectivity index (χ2n) is 6.67. The van der Waals surface area contributed by atoms with E-state index in [4.69, 9.17) is 5.73 Å². The molecule has 1 atom stereocenters. The largest absolute Gasteiger partial charge is 0.329 e. The summed E-state index contributed by atoms with van der Waals surface area (Å²) < 4.78 is 0. The monoisotopic (exact) mass is 222 g/mol. The van der Waals surface area contributed by atoms with Gasteiger partial charge in [-0.15, -0.1) is 0 Å². The summed E-state index contributed by atoms with van der Waals surface area (Å²) in [6, 6.07) is 1.41. The van der Waals surface area contributed by atoms with Gasteiger partial charge in [0.05, 0.1) is 0 Å². The maximum Gasteiger partial charge on any atom is 0.0190 e. The van der Waals surface area contributed by atoms with Crippen LogP contribution in [0.25, 0.3) is 0 Å². The van der Waals surface area contributed by atoms with E-state index in [2.05, 4.69) is 18.9 Å². The minimum absolute atomic E-state index is 0.558. The van der Waals surface area contributed by atoms with Crippen molar-refractivity contribution < 1.29 is 0 Å². The average molecular weight is 222 g/mol. The van der Waals surface area contributed by atoms with Crippen LogP contribution in [0.5, 0.6) is 0 Å². The molecule has 0 spiro atoms. The highest BCUT2D eigenvalue weighted by Gasteiger charge is 2.49. The highest BCUT2D eigenvalue weighted by atomic mass is 15.2. The first kappa shape index (κ1) is 11.0. The zero-order valence-electron chi connectivity index (χ0n) is 10.7. The van der Waals surface area contributed by atoms with Gasteiger partial charge in [0, 0.05) is 18.6 Å². The van der Waals surface area contributed by atoms with Crippen LogP contribution in [0.15, 0.2) is 0 Å². The van der Waals surface area contributed by atoms with Crippen molar-refractivity contribution in [3.05, 3.63) is 0 Å². The van der Waals surface area contributed by atoms with Crippen molar-refractivity contribution in [3.63, 3.8) is 0 Å². The summed E-state index contributed by atoms with van der Waals surface area (Å²) in [7, 11) is 2.31. The molecule has 2 heteroatoms. The van der Waals surface area contributed by atoms with Crippen LogP contribution >= 0.6 is 0 Å². The molecule has 2 N–H and O–H groups in total. The first-order valence-corrected chi connectivity index (χ1v) is 7.11. The van der Waals surface area contributed by atoms with Gasteiger partial charge in [-0.25, -0.2) is 0 Å². The quantitative estimate of drug-likeness (QED) is 0.792. The zero-order valence-corrected chi connectivity index (χ0v) is 10.7. The number of nitrogens with two attached hydrogens (primary N) is 1. The lowest BCUT2D eigenvalue weighted by molar-refractivity contribution is -0.0665. The Labute approximate surface area is 99.6 Å².